The van der Waals surface area contributed by atoms with Gasteiger partial charge in [-0.1, -0.05) is 12.7 Å². The Morgan fingerprint density at radius 3 is 2.68 bits per heavy atom. The van der Waals surface area contributed by atoms with E-state index in [0.717, 1.165) is 12.2 Å². The zero-order valence-electron chi connectivity index (χ0n) is 12.0. The molecule has 0 bridgehead atoms. The molecule has 0 atom stereocenters. The van der Waals surface area contributed by atoms with E-state index in [4.69, 9.17) is 9.47 Å². The highest BCUT2D eigenvalue weighted by Crippen LogP contribution is 2.20. The molecule has 2 fully saturated rings. The van der Waals surface area contributed by atoms with Gasteiger partial charge in [-0.3, -0.25) is 0 Å². The van der Waals surface area contributed by atoms with E-state index in [1.54, 1.807) is 0 Å². The number of nitrogens with zero attached hydrogens (tertiary/aromatic N) is 1. The standard InChI is InChI=1S/C16H25NO2/c1-3-15(7-6-10-17-8-4-5-9-17)13-16-14(2)18-11-12-19-16/h3,13H,2,4-12H2,1H3/b15-3-,16-13+. The summed E-state index contributed by atoms with van der Waals surface area (Å²) in [5.41, 5.74) is 1.31. The Kier molecular flexibility index (Phi) is 5.52. The molecule has 2 heterocycles. The Hall–Kier alpha value is -1.22. The van der Waals surface area contributed by atoms with Gasteiger partial charge in [0.1, 0.15) is 13.2 Å². The van der Waals surface area contributed by atoms with Crippen molar-refractivity contribution in [2.75, 3.05) is 32.8 Å². The van der Waals surface area contributed by atoms with Crippen molar-refractivity contribution in [3.63, 3.8) is 0 Å². The summed E-state index contributed by atoms with van der Waals surface area (Å²) >= 11 is 0. The molecule has 0 spiro atoms. The molecule has 3 nitrogen and oxygen atoms in total. The van der Waals surface area contributed by atoms with E-state index >= 15 is 0 Å². The van der Waals surface area contributed by atoms with E-state index < -0.39 is 0 Å². The zero-order chi connectivity index (χ0) is 13.5. The third-order valence-electron chi connectivity index (χ3n) is 3.72. The van der Waals surface area contributed by atoms with Gasteiger partial charge in [-0.2, -0.15) is 0 Å². The van der Waals surface area contributed by atoms with Gasteiger partial charge in [-0.15, -0.1) is 0 Å². The lowest BCUT2D eigenvalue weighted by atomic mass is 10.1. The van der Waals surface area contributed by atoms with Crippen LogP contribution in [0.4, 0.5) is 0 Å². The van der Waals surface area contributed by atoms with Crippen molar-refractivity contribution < 1.29 is 9.47 Å². The molecule has 2 rings (SSSR count). The van der Waals surface area contributed by atoms with Crippen LogP contribution in [0, 0.1) is 0 Å². The lowest BCUT2D eigenvalue weighted by Crippen LogP contribution is -2.20. The van der Waals surface area contributed by atoms with Gasteiger partial charge in [0.25, 0.3) is 0 Å². The molecule has 3 heteroatoms. The second-order valence-electron chi connectivity index (χ2n) is 5.14. The Bertz CT molecular complexity index is 365. The number of hydrogen-bond acceptors (Lipinski definition) is 3. The molecule has 2 aliphatic rings. The Balaban J connectivity index is 1.79. The van der Waals surface area contributed by atoms with Crippen molar-refractivity contribution in [2.24, 2.45) is 0 Å². The first kappa shape index (κ1) is 14.2. The second-order valence-corrected chi connectivity index (χ2v) is 5.14. The molecule has 0 aromatic carbocycles. The number of allylic oxidation sites excluding steroid dienone is 3. The minimum absolute atomic E-state index is 0.607. The van der Waals surface area contributed by atoms with Gasteiger partial charge in [-0.25, -0.2) is 0 Å². The van der Waals surface area contributed by atoms with Gasteiger partial charge < -0.3 is 14.4 Å². The third kappa shape index (κ3) is 4.43. The van der Waals surface area contributed by atoms with E-state index in [2.05, 4.69) is 30.6 Å². The van der Waals surface area contributed by atoms with Crippen molar-refractivity contribution in [3.05, 3.63) is 35.8 Å². The average Bonchev–Trinajstić information content (AvgIpc) is 2.93. The van der Waals surface area contributed by atoms with Gasteiger partial charge in [0.2, 0.25) is 0 Å². The minimum atomic E-state index is 0.607. The monoisotopic (exact) mass is 263 g/mol. The van der Waals surface area contributed by atoms with E-state index in [9.17, 15) is 0 Å². The number of likely N-dealkylation sites (tertiary alicyclic amines) is 1. The molecule has 19 heavy (non-hydrogen) atoms. The maximum Gasteiger partial charge on any atom is 0.160 e. The maximum atomic E-state index is 5.59. The SMILES string of the molecule is C=C1OCCO/C1=C/C(=C\C)CCCN1CCCC1. The summed E-state index contributed by atoms with van der Waals surface area (Å²) in [6, 6.07) is 0. The van der Waals surface area contributed by atoms with Crippen molar-refractivity contribution in [1.29, 1.82) is 0 Å². The van der Waals surface area contributed by atoms with Crippen LogP contribution in [0.5, 0.6) is 0 Å². The molecular formula is C16H25NO2. The van der Waals surface area contributed by atoms with Gasteiger partial charge in [0.15, 0.2) is 11.5 Å². The Morgan fingerprint density at radius 1 is 1.26 bits per heavy atom. The van der Waals surface area contributed by atoms with Gasteiger partial charge >= 0.3 is 0 Å². The normalized spacial score (nSPS) is 23.5. The molecule has 2 saturated heterocycles. The Morgan fingerprint density at radius 2 is 2.00 bits per heavy atom. The number of rotatable bonds is 5. The lowest BCUT2D eigenvalue weighted by molar-refractivity contribution is 0.0604. The molecule has 0 aromatic rings. The number of ether oxygens (including phenoxy) is 2. The molecule has 0 N–H and O–H groups in total. The van der Waals surface area contributed by atoms with Crippen LogP contribution >= 0.6 is 0 Å². The summed E-state index contributed by atoms with van der Waals surface area (Å²) in [4.78, 5) is 2.56. The first-order valence-corrected chi connectivity index (χ1v) is 7.33. The predicted octanol–water partition coefficient (Wildman–Crippen LogP) is 3.25. The van der Waals surface area contributed by atoms with Crippen molar-refractivity contribution in [1.82, 2.24) is 4.90 Å². The van der Waals surface area contributed by atoms with Crippen LogP contribution in [0.3, 0.4) is 0 Å². The van der Waals surface area contributed by atoms with E-state index in [0.29, 0.717) is 19.0 Å². The highest BCUT2D eigenvalue weighted by Gasteiger charge is 2.13. The third-order valence-corrected chi connectivity index (χ3v) is 3.72. The van der Waals surface area contributed by atoms with E-state index in [1.807, 2.05) is 0 Å². The second kappa shape index (κ2) is 7.39. The summed E-state index contributed by atoms with van der Waals surface area (Å²) < 4.78 is 11.0. The summed E-state index contributed by atoms with van der Waals surface area (Å²) in [5.74, 6) is 1.45. The van der Waals surface area contributed by atoms with Crippen LogP contribution in [-0.4, -0.2) is 37.7 Å². The van der Waals surface area contributed by atoms with Crippen LogP contribution in [-0.2, 0) is 9.47 Å². The summed E-state index contributed by atoms with van der Waals surface area (Å²) in [5, 5.41) is 0. The van der Waals surface area contributed by atoms with Gasteiger partial charge in [0.05, 0.1) is 0 Å². The number of hydrogen-bond donors (Lipinski definition) is 0. The highest BCUT2D eigenvalue weighted by atomic mass is 16.6. The summed E-state index contributed by atoms with van der Waals surface area (Å²) in [7, 11) is 0. The molecule has 0 aromatic heterocycles. The fourth-order valence-electron chi connectivity index (χ4n) is 2.57. The van der Waals surface area contributed by atoms with Crippen LogP contribution < -0.4 is 0 Å². The largest absolute Gasteiger partial charge is 0.487 e. The molecule has 0 aliphatic carbocycles. The Labute approximate surface area is 116 Å². The summed E-state index contributed by atoms with van der Waals surface area (Å²) in [6.07, 6.45) is 9.26. The van der Waals surface area contributed by atoms with Crippen LogP contribution in [0.25, 0.3) is 0 Å². The van der Waals surface area contributed by atoms with Crippen molar-refractivity contribution in [2.45, 2.75) is 32.6 Å². The van der Waals surface area contributed by atoms with Crippen LogP contribution in [0.1, 0.15) is 32.6 Å². The molecule has 2 aliphatic heterocycles. The molecule has 0 radical (unpaired) electrons. The van der Waals surface area contributed by atoms with Crippen molar-refractivity contribution in [3.8, 4) is 0 Å². The summed E-state index contributed by atoms with van der Waals surface area (Å²) in [6.45, 7) is 10.9. The van der Waals surface area contributed by atoms with E-state index in [1.165, 1.54) is 44.5 Å². The molecule has 106 valence electrons. The first-order chi connectivity index (χ1) is 9.29. The van der Waals surface area contributed by atoms with E-state index in [-0.39, 0.29) is 0 Å². The maximum absolute atomic E-state index is 5.59. The molecule has 0 amide bonds. The molecule has 0 saturated carbocycles. The first-order valence-electron chi connectivity index (χ1n) is 7.33. The quantitative estimate of drug-likeness (QED) is 0.760. The lowest BCUT2D eigenvalue weighted by Gasteiger charge is -2.20. The fourth-order valence-corrected chi connectivity index (χ4v) is 2.57. The van der Waals surface area contributed by atoms with Crippen molar-refractivity contribution >= 4 is 0 Å². The predicted molar refractivity (Wildman–Crippen MR) is 77.8 cm³/mol. The van der Waals surface area contributed by atoms with Gasteiger partial charge in [0, 0.05) is 0 Å². The highest BCUT2D eigenvalue weighted by molar-refractivity contribution is 5.29. The van der Waals surface area contributed by atoms with Crippen LogP contribution in [0.2, 0.25) is 0 Å². The molecule has 0 unspecified atom stereocenters. The topological polar surface area (TPSA) is 21.7 Å². The average molecular weight is 263 g/mol. The van der Waals surface area contributed by atoms with Crippen LogP contribution in [0.15, 0.2) is 35.8 Å². The fraction of sp³-hybridized carbons (Fsp3) is 0.625. The molecular weight excluding hydrogens is 238 g/mol. The smallest absolute Gasteiger partial charge is 0.160 e. The minimum Gasteiger partial charge on any atom is -0.487 e. The van der Waals surface area contributed by atoms with Gasteiger partial charge in [-0.05, 0) is 63.9 Å². The zero-order valence-corrected chi connectivity index (χ0v) is 12.0.